The Morgan fingerprint density at radius 3 is 2.22 bits per heavy atom. The quantitative estimate of drug-likeness (QED) is 0.779. The van der Waals surface area contributed by atoms with E-state index in [0.29, 0.717) is 24.5 Å². The van der Waals surface area contributed by atoms with Gasteiger partial charge >= 0.3 is 0 Å². The predicted octanol–water partition coefficient (Wildman–Crippen LogP) is 2.74. The number of hydrogen-bond acceptors (Lipinski definition) is 3. The summed E-state index contributed by atoms with van der Waals surface area (Å²) in [6.45, 7) is 7.80. The predicted molar refractivity (Wildman–Crippen MR) is 69.8 cm³/mol. The first-order valence-corrected chi connectivity index (χ1v) is 7.06. The van der Waals surface area contributed by atoms with Crippen molar-refractivity contribution >= 4 is 0 Å². The molecule has 3 nitrogen and oxygen atoms in total. The second-order valence-electron chi connectivity index (χ2n) is 7.12. The van der Waals surface area contributed by atoms with Crippen molar-refractivity contribution in [1.29, 1.82) is 5.26 Å². The van der Waals surface area contributed by atoms with E-state index in [1.807, 2.05) is 0 Å². The minimum Gasteiger partial charge on any atom is -0.390 e. The molecule has 0 amide bonds. The van der Waals surface area contributed by atoms with Crippen LogP contribution in [0, 0.1) is 34.0 Å². The van der Waals surface area contributed by atoms with Crippen molar-refractivity contribution < 1.29 is 9.84 Å². The van der Waals surface area contributed by atoms with E-state index in [4.69, 9.17) is 4.74 Å². The van der Waals surface area contributed by atoms with E-state index in [1.165, 1.54) is 0 Å². The highest BCUT2D eigenvalue weighted by atomic mass is 16.5. The molecule has 0 spiro atoms. The third-order valence-corrected chi connectivity index (χ3v) is 5.09. The van der Waals surface area contributed by atoms with Crippen LogP contribution < -0.4 is 0 Å². The van der Waals surface area contributed by atoms with Gasteiger partial charge in [-0.3, -0.25) is 0 Å². The highest BCUT2D eigenvalue weighted by molar-refractivity contribution is 5.08. The Kier molecular flexibility index (Phi) is 3.71. The van der Waals surface area contributed by atoms with Gasteiger partial charge in [0.25, 0.3) is 0 Å². The van der Waals surface area contributed by atoms with E-state index >= 15 is 0 Å². The zero-order chi connectivity index (χ0) is 13.4. The monoisotopic (exact) mass is 251 g/mol. The van der Waals surface area contributed by atoms with Crippen molar-refractivity contribution in [3.63, 3.8) is 0 Å². The number of aliphatic hydroxyl groups is 1. The number of nitrogens with zero attached hydrogens (tertiary/aromatic N) is 1. The van der Waals surface area contributed by atoms with Crippen LogP contribution in [-0.2, 0) is 4.74 Å². The normalized spacial score (nSPS) is 41.6. The second kappa shape index (κ2) is 4.83. The number of aliphatic hydroxyl groups excluding tert-OH is 1. The molecular formula is C15H25NO2. The van der Waals surface area contributed by atoms with Crippen molar-refractivity contribution in [1.82, 2.24) is 0 Å². The Hall–Kier alpha value is -0.590. The Labute approximate surface area is 110 Å². The van der Waals surface area contributed by atoms with Crippen molar-refractivity contribution in [2.24, 2.45) is 22.7 Å². The molecule has 2 atom stereocenters. The highest BCUT2D eigenvalue weighted by Crippen LogP contribution is 2.50. The lowest BCUT2D eigenvalue weighted by atomic mass is 9.60. The van der Waals surface area contributed by atoms with Gasteiger partial charge in [-0.05, 0) is 37.0 Å². The topological polar surface area (TPSA) is 53.2 Å². The summed E-state index contributed by atoms with van der Waals surface area (Å²) >= 11 is 0. The molecule has 0 aromatic heterocycles. The molecule has 1 saturated heterocycles. The van der Waals surface area contributed by atoms with Crippen LogP contribution in [0.1, 0.15) is 46.5 Å². The zero-order valence-electron chi connectivity index (χ0n) is 11.8. The van der Waals surface area contributed by atoms with Gasteiger partial charge in [-0.15, -0.1) is 0 Å². The van der Waals surface area contributed by atoms with Gasteiger partial charge in [-0.25, -0.2) is 0 Å². The van der Waals surface area contributed by atoms with E-state index in [-0.39, 0.29) is 11.3 Å². The van der Waals surface area contributed by atoms with Crippen LogP contribution in [0.4, 0.5) is 0 Å². The van der Waals surface area contributed by atoms with Crippen LogP contribution in [0.25, 0.3) is 0 Å². The van der Waals surface area contributed by atoms with Crippen molar-refractivity contribution in [2.45, 2.75) is 52.6 Å². The summed E-state index contributed by atoms with van der Waals surface area (Å²) in [4.78, 5) is 0. The molecule has 0 aromatic carbocycles. The summed E-state index contributed by atoms with van der Waals surface area (Å²) in [6.07, 6.45) is 3.57. The Bertz CT molecular complexity index is 331. The molecule has 18 heavy (non-hydrogen) atoms. The molecule has 0 bridgehead atoms. The first-order chi connectivity index (χ1) is 8.39. The Morgan fingerprint density at radius 1 is 1.22 bits per heavy atom. The number of nitriles is 1. The van der Waals surface area contributed by atoms with Crippen LogP contribution in [-0.4, -0.2) is 24.4 Å². The first kappa shape index (κ1) is 13.8. The maximum absolute atomic E-state index is 9.99. The fraction of sp³-hybridized carbons (Fsp3) is 0.933. The smallest absolute Gasteiger partial charge is 0.0839 e. The lowest BCUT2D eigenvalue weighted by Gasteiger charge is -2.43. The van der Waals surface area contributed by atoms with Crippen LogP contribution in [0.15, 0.2) is 0 Å². The van der Waals surface area contributed by atoms with Crippen molar-refractivity contribution in [3.05, 3.63) is 0 Å². The van der Waals surface area contributed by atoms with Crippen molar-refractivity contribution in [3.8, 4) is 6.07 Å². The van der Waals surface area contributed by atoms with Crippen LogP contribution in [0.3, 0.4) is 0 Å². The van der Waals surface area contributed by atoms with E-state index in [9.17, 15) is 10.4 Å². The molecule has 0 aromatic rings. The second-order valence-corrected chi connectivity index (χ2v) is 7.12. The summed E-state index contributed by atoms with van der Waals surface area (Å²) in [7, 11) is 0. The zero-order valence-corrected chi connectivity index (χ0v) is 11.8. The Morgan fingerprint density at radius 2 is 1.83 bits per heavy atom. The molecule has 1 saturated carbocycles. The van der Waals surface area contributed by atoms with Gasteiger partial charge in [0.2, 0.25) is 0 Å². The SMILES string of the molecule is CC(C)(C)C1CCC(C#N)(C2COCC2O)CC1. The molecule has 1 heterocycles. The van der Waals surface area contributed by atoms with Gasteiger partial charge in [0, 0.05) is 5.92 Å². The minimum atomic E-state index is -0.448. The van der Waals surface area contributed by atoms with Gasteiger partial charge in [0.05, 0.1) is 30.8 Å². The third kappa shape index (κ3) is 2.41. The number of ether oxygens (including phenoxy) is 1. The van der Waals surface area contributed by atoms with Gasteiger partial charge < -0.3 is 9.84 Å². The minimum absolute atomic E-state index is 0.0171. The lowest BCUT2D eigenvalue weighted by Crippen LogP contribution is -2.41. The van der Waals surface area contributed by atoms with Crippen LogP contribution >= 0.6 is 0 Å². The maximum Gasteiger partial charge on any atom is 0.0839 e. The van der Waals surface area contributed by atoms with E-state index in [0.717, 1.165) is 25.7 Å². The van der Waals surface area contributed by atoms with Gasteiger partial charge in [0.1, 0.15) is 0 Å². The molecule has 2 aliphatic rings. The third-order valence-electron chi connectivity index (χ3n) is 5.09. The summed E-state index contributed by atoms with van der Waals surface area (Å²) in [5.74, 6) is 0.710. The molecule has 1 N–H and O–H groups in total. The summed E-state index contributed by atoms with van der Waals surface area (Å²) < 4.78 is 5.34. The largest absolute Gasteiger partial charge is 0.390 e. The molecule has 1 aliphatic carbocycles. The summed E-state index contributed by atoms with van der Waals surface area (Å²) in [5, 5.41) is 19.6. The highest BCUT2D eigenvalue weighted by Gasteiger charge is 2.48. The van der Waals surface area contributed by atoms with Gasteiger partial charge in [-0.1, -0.05) is 20.8 Å². The molecule has 2 fully saturated rings. The maximum atomic E-state index is 9.99. The van der Waals surface area contributed by atoms with Gasteiger partial charge in [-0.2, -0.15) is 5.26 Å². The lowest BCUT2D eigenvalue weighted by molar-refractivity contribution is 0.0312. The van der Waals surface area contributed by atoms with Crippen molar-refractivity contribution in [2.75, 3.05) is 13.2 Å². The fourth-order valence-corrected chi connectivity index (χ4v) is 3.64. The summed E-state index contributed by atoms with van der Waals surface area (Å²) in [6, 6.07) is 2.52. The molecule has 1 aliphatic heterocycles. The standard InChI is InChI=1S/C15H25NO2/c1-14(2,3)11-4-6-15(10-16,7-5-11)12-8-18-9-13(12)17/h11-13,17H,4-9H2,1-3H3. The molecule has 3 heteroatoms. The number of hydrogen-bond donors (Lipinski definition) is 1. The van der Waals surface area contributed by atoms with E-state index in [2.05, 4.69) is 26.8 Å². The van der Waals surface area contributed by atoms with E-state index in [1.54, 1.807) is 0 Å². The summed E-state index contributed by atoms with van der Waals surface area (Å²) in [5.41, 5.74) is -0.0237. The fourth-order valence-electron chi connectivity index (χ4n) is 3.64. The average molecular weight is 251 g/mol. The molecule has 102 valence electrons. The molecule has 0 radical (unpaired) electrons. The number of rotatable bonds is 1. The molecule has 2 rings (SSSR count). The van der Waals surface area contributed by atoms with Crippen LogP contribution in [0.5, 0.6) is 0 Å². The van der Waals surface area contributed by atoms with Gasteiger partial charge in [0.15, 0.2) is 0 Å². The first-order valence-electron chi connectivity index (χ1n) is 7.06. The van der Waals surface area contributed by atoms with E-state index < -0.39 is 6.10 Å². The Balaban J connectivity index is 2.07. The average Bonchev–Trinajstić information content (AvgIpc) is 2.75. The van der Waals surface area contributed by atoms with Crippen LogP contribution in [0.2, 0.25) is 0 Å². The molecule has 2 unspecified atom stereocenters. The molecular weight excluding hydrogens is 226 g/mol.